The Balaban J connectivity index is 2.39. The summed E-state index contributed by atoms with van der Waals surface area (Å²) in [5, 5.41) is 1.08. The van der Waals surface area contributed by atoms with E-state index in [0.29, 0.717) is 0 Å². The maximum absolute atomic E-state index is 5.75. The van der Waals surface area contributed by atoms with Crippen LogP contribution >= 0.6 is 27.3 Å². The Labute approximate surface area is 127 Å². The van der Waals surface area contributed by atoms with Gasteiger partial charge >= 0.3 is 0 Å². The minimum atomic E-state index is 0.116. The van der Waals surface area contributed by atoms with Crippen LogP contribution in [0.25, 0.3) is 11.3 Å². The molecule has 0 bridgehead atoms. The maximum atomic E-state index is 5.75. The molecule has 19 heavy (non-hydrogen) atoms. The van der Waals surface area contributed by atoms with Crippen molar-refractivity contribution < 1.29 is 4.74 Å². The van der Waals surface area contributed by atoms with Gasteiger partial charge in [0.25, 0.3) is 0 Å². The van der Waals surface area contributed by atoms with Gasteiger partial charge in [0.05, 0.1) is 5.69 Å². The van der Waals surface area contributed by atoms with E-state index in [2.05, 4.69) is 35.8 Å². The molecule has 2 aromatic rings. The van der Waals surface area contributed by atoms with Gasteiger partial charge in [-0.1, -0.05) is 41.1 Å². The van der Waals surface area contributed by atoms with Gasteiger partial charge in [-0.15, -0.1) is 11.3 Å². The Morgan fingerprint density at radius 2 is 2.05 bits per heavy atom. The number of aryl methyl sites for hydroxylation is 1. The van der Waals surface area contributed by atoms with Crippen molar-refractivity contribution in [3.63, 3.8) is 0 Å². The molecule has 1 aromatic heterocycles. The number of aromatic nitrogens is 1. The lowest BCUT2D eigenvalue weighted by molar-refractivity contribution is 0.0597. The van der Waals surface area contributed by atoms with Crippen molar-refractivity contribution in [1.29, 1.82) is 0 Å². The summed E-state index contributed by atoms with van der Waals surface area (Å²) in [5.41, 5.74) is 2.21. The van der Waals surface area contributed by atoms with Crippen LogP contribution in [-0.2, 0) is 4.74 Å². The molecule has 1 heterocycles. The van der Waals surface area contributed by atoms with Crippen LogP contribution in [0.1, 0.15) is 36.3 Å². The van der Waals surface area contributed by atoms with Gasteiger partial charge in [-0.3, -0.25) is 0 Å². The minimum Gasteiger partial charge on any atom is -0.371 e. The van der Waals surface area contributed by atoms with Crippen molar-refractivity contribution in [1.82, 2.24) is 4.98 Å². The molecular weight excluding hydrogens is 322 g/mol. The molecule has 0 amide bonds. The second-order valence-corrected chi connectivity index (χ2v) is 6.38. The van der Waals surface area contributed by atoms with Crippen molar-refractivity contribution in [2.24, 2.45) is 0 Å². The molecule has 4 heteroatoms. The van der Waals surface area contributed by atoms with E-state index in [4.69, 9.17) is 9.72 Å². The van der Waals surface area contributed by atoms with Crippen molar-refractivity contribution in [3.8, 4) is 11.3 Å². The summed E-state index contributed by atoms with van der Waals surface area (Å²) < 4.78 is 6.83. The standard InChI is InChI=1S/C15H18BrNOS/c1-4-13(18-5-2)15-17-14(10(3)19-15)11-8-6-7-9-12(11)16/h6-9,13H,4-5H2,1-3H3. The smallest absolute Gasteiger partial charge is 0.122 e. The molecule has 0 N–H and O–H groups in total. The number of rotatable bonds is 5. The summed E-state index contributed by atoms with van der Waals surface area (Å²) in [4.78, 5) is 6.03. The fraction of sp³-hybridized carbons (Fsp3) is 0.400. The number of thiazole rings is 1. The average Bonchev–Trinajstić information content (AvgIpc) is 2.78. The van der Waals surface area contributed by atoms with E-state index in [1.807, 2.05) is 25.1 Å². The molecule has 2 nitrogen and oxygen atoms in total. The quantitative estimate of drug-likeness (QED) is 0.730. The van der Waals surface area contributed by atoms with E-state index in [1.165, 1.54) is 4.88 Å². The summed E-state index contributed by atoms with van der Waals surface area (Å²) >= 11 is 5.33. The molecule has 0 aliphatic carbocycles. The summed E-state index contributed by atoms with van der Waals surface area (Å²) in [6.07, 6.45) is 1.07. The third kappa shape index (κ3) is 3.25. The van der Waals surface area contributed by atoms with Crippen molar-refractivity contribution in [3.05, 3.63) is 38.6 Å². The van der Waals surface area contributed by atoms with Gasteiger partial charge in [-0.2, -0.15) is 0 Å². The summed E-state index contributed by atoms with van der Waals surface area (Å²) in [7, 11) is 0. The van der Waals surface area contributed by atoms with Gasteiger partial charge in [0, 0.05) is 21.5 Å². The fourth-order valence-electron chi connectivity index (χ4n) is 2.02. The van der Waals surface area contributed by atoms with Gasteiger partial charge in [-0.25, -0.2) is 4.98 Å². The Bertz CT molecular complexity index is 553. The third-order valence-corrected chi connectivity index (χ3v) is 4.71. The Hall–Kier alpha value is -0.710. The van der Waals surface area contributed by atoms with Crippen molar-refractivity contribution in [2.75, 3.05) is 6.61 Å². The number of hydrogen-bond donors (Lipinski definition) is 0. The fourth-order valence-corrected chi connectivity index (χ4v) is 3.56. The van der Waals surface area contributed by atoms with Crippen molar-refractivity contribution in [2.45, 2.75) is 33.3 Å². The molecule has 0 aliphatic heterocycles. The molecule has 102 valence electrons. The van der Waals surface area contributed by atoms with Crippen LogP contribution in [0.3, 0.4) is 0 Å². The predicted molar refractivity (Wildman–Crippen MR) is 84.6 cm³/mol. The van der Waals surface area contributed by atoms with Gasteiger partial charge < -0.3 is 4.74 Å². The number of benzene rings is 1. The third-order valence-electron chi connectivity index (χ3n) is 2.96. The van der Waals surface area contributed by atoms with E-state index in [1.54, 1.807) is 11.3 Å². The van der Waals surface area contributed by atoms with Gasteiger partial charge in [0.1, 0.15) is 11.1 Å². The normalized spacial score (nSPS) is 12.6. The number of hydrogen-bond acceptors (Lipinski definition) is 3. The highest BCUT2D eigenvalue weighted by Gasteiger charge is 2.18. The summed E-state index contributed by atoms with van der Waals surface area (Å²) in [6, 6.07) is 8.20. The molecule has 0 spiro atoms. The number of ether oxygens (including phenoxy) is 1. The maximum Gasteiger partial charge on any atom is 0.122 e. The lowest BCUT2D eigenvalue weighted by Crippen LogP contribution is -2.02. The van der Waals surface area contributed by atoms with Crippen molar-refractivity contribution >= 4 is 27.3 Å². The molecule has 1 aromatic carbocycles. The first-order chi connectivity index (χ1) is 9.17. The molecule has 0 aliphatic rings. The molecule has 0 fully saturated rings. The molecule has 1 unspecified atom stereocenters. The molecule has 1 atom stereocenters. The van der Waals surface area contributed by atoms with Crippen LogP contribution in [0.15, 0.2) is 28.7 Å². The lowest BCUT2D eigenvalue weighted by Gasteiger charge is -2.11. The van der Waals surface area contributed by atoms with Crippen LogP contribution in [-0.4, -0.2) is 11.6 Å². The van der Waals surface area contributed by atoms with E-state index >= 15 is 0 Å². The summed E-state index contributed by atoms with van der Waals surface area (Å²) in [6.45, 7) is 7.00. The van der Waals surface area contributed by atoms with Gasteiger partial charge in [0.2, 0.25) is 0 Å². The minimum absolute atomic E-state index is 0.116. The topological polar surface area (TPSA) is 22.1 Å². The Morgan fingerprint density at radius 1 is 1.32 bits per heavy atom. The zero-order chi connectivity index (χ0) is 13.8. The highest BCUT2D eigenvalue weighted by Crippen LogP contribution is 2.35. The zero-order valence-electron chi connectivity index (χ0n) is 11.4. The van der Waals surface area contributed by atoms with E-state index in [0.717, 1.165) is 33.8 Å². The monoisotopic (exact) mass is 339 g/mol. The zero-order valence-corrected chi connectivity index (χ0v) is 13.8. The SMILES string of the molecule is CCOC(CC)c1nc(-c2ccccc2Br)c(C)s1. The second-order valence-electron chi connectivity index (χ2n) is 4.29. The first-order valence-electron chi connectivity index (χ1n) is 6.51. The molecule has 0 saturated carbocycles. The lowest BCUT2D eigenvalue weighted by atomic mass is 10.1. The second kappa shape index (κ2) is 6.64. The predicted octanol–water partition coefficient (Wildman–Crippen LogP) is 5.37. The van der Waals surface area contributed by atoms with E-state index in [9.17, 15) is 0 Å². The molecule has 0 radical (unpaired) electrons. The van der Waals surface area contributed by atoms with Crippen LogP contribution < -0.4 is 0 Å². The Kier molecular flexibility index (Phi) is 5.13. The largest absolute Gasteiger partial charge is 0.371 e. The number of nitrogens with zero attached hydrogens (tertiary/aromatic N) is 1. The summed E-state index contributed by atoms with van der Waals surface area (Å²) in [5.74, 6) is 0. The molecule has 0 saturated heterocycles. The van der Waals surface area contributed by atoms with Crippen LogP contribution in [0.5, 0.6) is 0 Å². The van der Waals surface area contributed by atoms with Gasteiger partial charge in [-0.05, 0) is 26.3 Å². The van der Waals surface area contributed by atoms with Gasteiger partial charge in [0.15, 0.2) is 0 Å². The highest BCUT2D eigenvalue weighted by atomic mass is 79.9. The average molecular weight is 340 g/mol. The first kappa shape index (κ1) is 14.7. The van der Waals surface area contributed by atoms with E-state index < -0.39 is 0 Å². The Morgan fingerprint density at radius 3 is 2.68 bits per heavy atom. The number of halogens is 1. The molecule has 2 rings (SSSR count). The highest BCUT2D eigenvalue weighted by molar-refractivity contribution is 9.10. The van der Waals surface area contributed by atoms with E-state index in [-0.39, 0.29) is 6.10 Å². The first-order valence-corrected chi connectivity index (χ1v) is 8.12. The van der Waals surface area contributed by atoms with Crippen LogP contribution in [0, 0.1) is 6.92 Å². The van der Waals surface area contributed by atoms with Crippen LogP contribution in [0.4, 0.5) is 0 Å². The molecular formula is C15H18BrNOS. The van der Waals surface area contributed by atoms with Crippen LogP contribution in [0.2, 0.25) is 0 Å².